The first-order valence-electron chi connectivity index (χ1n) is 8.05. The molecule has 0 fully saturated rings. The van der Waals surface area contributed by atoms with Gasteiger partial charge in [0.25, 0.3) is 5.91 Å². The third-order valence-electron chi connectivity index (χ3n) is 3.78. The lowest BCUT2D eigenvalue weighted by molar-refractivity contribution is -0.112. The fourth-order valence-electron chi connectivity index (χ4n) is 2.50. The summed E-state index contributed by atoms with van der Waals surface area (Å²) in [4.78, 5) is 24.3. The van der Waals surface area contributed by atoms with E-state index in [1.807, 2.05) is 36.5 Å². The van der Waals surface area contributed by atoms with Crippen LogP contribution in [0.25, 0.3) is 10.9 Å². The average Bonchev–Trinajstić information content (AvgIpc) is 3.10. The summed E-state index contributed by atoms with van der Waals surface area (Å²) in [6.07, 6.45) is 6.74. The summed E-state index contributed by atoms with van der Waals surface area (Å²) in [5.41, 5.74) is 9.29. The molecule has 0 saturated carbocycles. The summed E-state index contributed by atoms with van der Waals surface area (Å²) in [5.74, 6) is -0.386. The molecular formula is C20H19N5O. The van der Waals surface area contributed by atoms with Gasteiger partial charge in [-0.3, -0.25) is 9.78 Å². The number of aromatic amines is 1. The summed E-state index contributed by atoms with van der Waals surface area (Å²) < 4.78 is 0. The first-order chi connectivity index (χ1) is 12.6. The van der Waals surface area contributed by atoms with Gasteiger partial charge >= 0.3 is 0 Å². The number of nitrogens with one attached hydrogen (secondary N) is 2. The number of pyridine rings is 1. The Bertz CT molecular complexity index is 1010. The van der Waals surface area contributed by atoms with Gasteiger partial charge in [0.1, 0.15) is 5.70 Å². The second kappa shape index (κ2) is 7.48. The number of carbonyl (C=O) groups excluding carboxylic acids is 1. The Labute approximate surface area is 151 Å². The van der Waals surface area contributed by atoms with Gasteiger partial charge in [0.15, 0.2) is 0 Å². The number of nitrogens with two attached hydrogens (primary N) is 1. The predicted octanol–water partition coefficient (Wildman–Crippen LogP) is 3.37. The maximum absolute atomic E-state index is 12.7. The Morgan fingerprint density at radius 1 is 1.35 bits per heavy atom. The maximum atomic E-state index is 12.7. The number of allylic oxidation sites excluding steroid dienone is 2. The van der Waals surface area contributed by atoms with Crippen molar-refractivity contribution in [2.24, 2.45) is 10.7 Å². The zero-order valence-corrected chi connectivity index (χ0v) is 14.4. The van der Waals surface area contributed by atoms with Crippen molar-refractivity contribution >= 4 is 28.2 Å². The molecule has 0 radical (unpaired) electrons. The van der Waals surface area contributed by atoms with Gasteiger partial charge in [-0.2, -0.15) is 0 Å². The second-order valence-corrected chi connectivity index (χ2v) is 5.71. The van der Waals surface area contributed by atoms with Gasteiger partial charge in [-0.15, -0.1) is 0 Å². The Kier molecular flexibility index (Phi) is 4.94. The Hall–Kier alpha value is -3.67. The van der Waals surface area contributed by atoms with Crippen LogP contribution in [-0.2, 0) is 4.79 Å². The van der Waals surface area contributed by atoms with Gasteiger partial charge in [-0.1, -0.05) is 6.58 Å². The molecule has 0 saturated heterocycles. The van der Waals surface area contributed by atoms with Crippen LogP contribution in [0, 0.1) is 0 Å². The molecule has 0 atom stereocenters. The highest BCUT2D eigenvalue weighted by atomic mass is 16.2. The Balaban J connectivity index is 1.89. The van der Waals surface area contributed by atoms with E-state index in [0.29, 0.717) is 17.1 Å². The van der Waals surface area contributed by atoms with Crippen molar-refractivity contribution in [2.45, 2.75) is 6.92 Å². The molecule has 3 rings (SSSR count). The van der Waals surface area contributed by atoms with Gasteiger partial charge in [0, 0.05) is 46.4 Å². The highest BCUT2D eigenvalue weighted by Gasteiger charge is 2.13. The first kappa shape index (κ1) is 17.2. The van der Waals surface area contributed by atoms with Crippen molar-refractivity contribution in [3.05, 3.63) is 84.6 Å². The number of hydrogen-bond donors (Lipinski definition) is 3. The van der Waals surface area contributed by atoms with E-state index in [1.165, 1.54) is 0 Å². The molecule has 6 nitrogen and oxygen atoms in total. The number of carbonyl (C=O) groups is 1. The standard InChI is InChI=1S/C20H19N5O/c1-3-17(15-5-4-9-22-12-15)25-19(13(2)21)20(26)24-16-6-7-18-14(11-16)8-10-23-18/h3-12,23H,1,21H2,2H3,(H,24,26)/b19-13+,25-17?. The molecule has 4 N–H and O–H groups in total. The fourth-order valence-corrected chi connectivity index (χ4v) is 2.50. The summed E-state index contributed by atoms with van der Waals surface area (Å²) in [5, 5.41) is 3.84. The van der Waals surface area contributed by atoms with Crippen LogP contribution >= 0.6 is 0 Å². The predicted molar refractivity (Wildman–Crippen MR) is 105 cm³/mol. The van der Waals surface area contributed by atoms with E-state index in [9.17, 15) is 4.79 Å². The van der Waals surface area contributed by atoms with Crippen LogP contribution in [0.5, 0.6) is 0 Å². The third-order valence-corrected chi connectivity index (χ3v) is 3.78. The number of hydrogen-bond acceptors (Lipinski definition) is 4. The number of benzene rings is 1. The van der Waals surface area contributed by atoms with Crippen LogP contribution in [0.3, 0.4) is 0 Å². The van der Waals surface area contributed by atoms with Crippen molar-refractivity contribution in [3.63, 3.8) is 0 Å². The maximum Gasteiger partial charge on any atom is 0.276 e. The van der Waals surface area contributed by atoms with Gasteiger partial charge in [0.05, 0.1) is 5.71 Å². The second-order valence-electron chi connectivity index (χ2n) is 5.71. The summed E-state index contributed by atoms with van der Waals surface area (Å²) >= 11 is 0. The van der Waals surface area contributed by atoms with Crippen molar-refractivity contribution in [1.29, 1.82) is 0 Å². The van der Waals surface area contributed by atoms with E-state index in [2.05, 4.69) is 26.9 Å². The lowest BCUT2D eigenvalue weighted by atomic mass is 10.1. The molecule has 1 aromatic carbocycles. The van der Waals surface area contributed by atoms with Crippen LogP contribution in [-0.4, -0.2) is 21.6 Å². The molecule has 0 aliphatic rings. The highest BCUT2D eigenvalue weighted by molar-refractivity contribution is 6.12. The molecule has 2 heterocycles. The SMILES string of the molecule is C=CC(=N/C(C(=O)Nc1ccc2[nH]ccc2c1)=C(\C)N)c1cccnc1. The Morgan fingerprint density at radius 3 is 2.88 bits per heavy atom. The molecule has 0 unspecified atom stereocenters. The average molecular weight is 345 g/mol. The summed E-state index contributed by atoms with van der Waals surface area (Å²) in [6.45, 7) is 5.40. The number of H-pyrrole nitrogens is 1. The minimum Gasteiger partial charge on any atom is -0.400 e. The lowest BCUT2D eigenvalue weighted by Gasteiger charge is -2.09. The van der Waals surface area contributed by atoms with Gasteiger partial charge in [0.2, 0.25) is 0 Å². The molecule has 26 heavy (non-hydrogen) atoms. The van der Waals surface area contributed by atoms with Crippen LogP contribution in [0.1, 0.15) is 12.5 Å². The topological polar surface area (TPSA) is 96.2 Å². The zero-order valence-electron chi connectivity index (χ0n) is 14.4. The van der Waals surface area contributed by atoms with E-state index in [4.69, 9.17) is 5.73 Å². The number of aromatic nitrogens is 2. The minimum absolute atomic E-state index is 0.137. The van der Waals surface area contributed by atoms with Crippen molar-refractivity contribution in [1.82, 2.24) is 9.97 Å². The molecule has 0 aliphatic heterocycles. The zero-order chi connectivity index (χ0) is 18.5. The van der Waals surface area contributed by atoms with Gasteiger partial charge in [-0.05, 0) is 49.4 Å². The molecule has 0 spiro atoms. The first-order valence-corrected chi connectivity index (χ1v) is 8.05. The van der Waals surface area contributed by atoms with Crippen LogP contribution < -0.4 is 11.1 Å². The van der Waals surface area contributed by atoms with Crippen LogP contribution in [0.15, 0.2) is 84.0 Å². The largest absolute Gasteiger partial charge is 0.400 e. The minimum atomic E-state index is -0.386. The van der Waals surface area contributed by atoms with E-state index < -0.39 is 0 Å². The van der Waals surface area contributed by atoms with E-state index in [1.54, 1.807) is 31.5 Å². The monoisotopic (exact) mass is 345 g/mol. The number of anilines is 1. The van der Waals surface area contributed by atoms with Crippen molar-refractivity contribution < 1.29 is 4.79 Å². The van der Waals surface area contributed by atoms with Crippen LogP contribution in [0.2, 0.25) is 0 Å². The van der Waals surface area contributed by atoms with Gasteiger partial charge < -0.3 is 16.0 Å². The summed E-state index contributed by atoms with van der Waals surface area (Å²) in [7, 11) is 0. The van der Waals surface area contributed by atoms with Crippen molar-refractivity contribution in [3.8, 4) is 0 Å². The Morgan fingerprint density at radius 2 is 2.19 bits per heavy atom. The molecule has 0 aliphatic carbocycles. The third kappa shape index (κ3) is 3.70. The lowest BCUT2D eigenvalue weighted by Crippen LogP contribution is -2.18. The number of nitrogens with zero attached hydrogens (tertiary/aromatic N) is 2. The smallest absolute Gasteiger partial charge is 0.276 e. The van der Waals surface area contributed by atoms with Crippen molar-refractivity contribution in [2.75, 3.05) is 5.32 Å². The number of amides is 1. The fraction of sp³-hybridized carbons (Fsp3) is 0.0500. The molecule has 1 amide bonds. The highest BCUT2D eigenvalue weighted by Crippen LogP contribution is 2.19. The van der Waals surface area contributed by atoms with E-state index in [0.717, 1.165) is 16.5 Å². The molecular weight excluding hydrogens is 326 g/mol. The summed E-state index contributed by atoms with van der Waals surface area (Å²) in [6, 6.07) is 11.2. The molecule has 2 aromatic heterocycles. The molecule has 6 heteroatoms. The van der Waals surface area contributed by atoms with E-state index in [-0.39, 0.29) is 11.6 Å². The van der Waals surface area contributed by atoms with E-state index >= 15 is 0 Å². The normalized spacial score (nSPS) is 12.6. The molecule has 0 bridgehead atoms. The van der Waals surface area contributed by atoms with Gasteiger partial charge in [-0.25, -0.2) is 4.99 Å². The number of rotatable bonds is 5. The molecule has 3 aromatic rings. The number of fused-ring (bicyclic) bond motifs is 1. The molecule has 130 valence electrons. The number of aliphatic imine (C=N–C) groups is 1. The quantitative estimate of drug-likeness (QED) is 0.488. The van der Waals surface area contributed by atoms with Crippen LogP contribution in [0.4, 0.5) is 5.69 Å².